The second kappa shape index (κ2) is 4.34. The number of hydrogen-bond donors (Lipinski definition) is 1. The van der Waals surface area contributed by atoms with Gasteiger partial charge in [0.05, 0.1) is 6.20 Å². The van der Waals surface area contributed by atoms with Gasteiger partial charge in [-0.25, -0.2) is 9.78 Å². The molecule has 0 aliphatic rings. The van der Waals surface area contributed by atoms with Crippen molar-refractivity contribution in [3.63, 3.8) is 0 Å². The topological polar surface area (TPSA) is 73.2 Å². The van der Waals surface area contributed by atoms with Crippen molar-refractivity contribution in [3.8, 4) is 0 Å². The smallest absolute Gasteiger partial charge is 0.413 e. The predicted octanol–water partition coefficient (Wildman–Crippen LogP) is 1.13. The van der Waals surface area contributed by atoms with E-state index in [2.05, 4.69) is 10.3 Å². The maximum Gasteiger partial charge on any atom is 0.413 e. The lowest BCUT2D eigenvalue weighted by Crippen LogP contribution is -2.28. The number of hydrogen-bond acceptors (Lipinski definition) is 4. The number of carbonyl (C=O) groups is 1. The molecule has 0 aliphatic carbocycles. The number of nitrogens with zero attached hydrogens (tertiary/aromatic N) is 2. The van der Waals surface area contributed by atoms with Gasteiger partial charge in [-0.15, -0.1) is 0 Å². The highest BCUT2D eigenvalue weighted by Gasteiger charge is 2.16. The first-order valence-electron chi connectivity index (χ1n) is 4.80. The minimum atomic E-state index is -0.598. The minimum Gasteiger partial charge on any atom is -0.444 e. The lowest BCUT2D eigenvalue weighted by atomic mass is 10.2. The van der Waals surface area contributed by atoms with Crippen LogP contribution in [-0.2, 0) is 11.8 Å². The van der Waals surface area contributed by atoms with E-state index in [1.54, 1.807) is 27.8 Å². The number of ether oxygens (including phenoxy) is 1. The molecule has 0 unspecified atom stereocenters. The molecule has 0 fully saturated rings. The summed E-state index contributed by atoms with van der Waals surface area (Å²) in [4.78, 5) is 26.2. The molecule has 6 nitrogen and oxygen atoms in total. The standard InChI is InChI=1S/C10H15N3O3/c1-10(2,3)16-9(15)12-7-6-13(4)8(14)5-11-7/h5-6H,1-4H3,(H,12,15). The summed E-state index contributed by atoms with van der Waals surface area (Å²) in [6, 6.07) is 0. The second-order valence-corrected chi connectivity index (χ2v) is 4.35. The van der Waals surface area contributed by atoms with Crippen molar-refractivity contribution in [1.29, 1.82) is 0 Å². The van der Waals surface area contributed by atoms with Crippen LogP contribution in [0.3, 0.4) is 0 Å². The number of aryl methyl sites for hydroxylation is 1. The molecule has 16 heavy (non-hydrogen) atoms. The molecule has 1 rings (SSSR count). The van der Waals surface area contributed by atoms with E-state index < -0.39 is 11.7 Å². The third kappa shape index (κ3) is 3.72. The highest BCUT2D eigenvalue weighted by molar-refractivity contribution is 5.83. The fourth-order valence-electron chi connectivity index (χ4n) is 0.969. The highest BCUT2D eigenvalue weighted by atomic mass is 16.6. The summed E-state index contributed by atoms with van der Waals surface area (Å²) in [5, 5.41) is 2.43. The van der Waals surface area contributed by atoms with Crippen molar-refractivity contribution in [2.75, 3.05) is 5.32 Å². The Hall–Kier alpha value is -1.85. The van der Waals surface area contributed by atoms with Gasteiger partial charge in [0.2, 0.25) is 0 Å². The zero-order chi connectivity index (χ0) is 12.3. The molecule has 0 saturated heterocycles. The molecule has 0 bridgehead atoms. The van der Waals surface area contributed by atoms with Crippen LogP contribution in [0, 0.1) is 0 Å². The van der Waals surface area contributed by atoms with E-state index in [-0.39, 0.29) is 11.4 Å². The minimum absolute atomic E-state index is 0.241. The number of amides is 1. The fraction of sp³-hybridized carbons (Fsp3) is 0.500. The van der Waals surface area contributed by atoms with Crippen LogP contribution in [0.25, 0.3) is 0 Å². The van der Waals surface area contributed by atoms with Gasteiger partial charge in [0.15, 0.2) is 5.82 Å². The SMILES string of the molecule is Cn1cc(NC(=O)OC(C)(C)C)ncc1=O. The van der Waals surface area contributed by atoms with E-state index >= 15 is 0 Å². The zero-order valence-electron chi connectivity index (χ0n) is 9.77. The molecular formula is C10H15N3O3. The summed E-state index contributed by atoms with van der Waals surface area (Å²) in [7, 11) is 1.57. The molecule has 88 valence electrons. The molecular weight excluding hydrogens is 210 g/mol. The summed E-state index contributed by atoms with van der Waals surface area (Å²) in [5.41, 5.74) is -0.806. The Bertz CT molecular complexity index is 445. The summed E-state index contributed by atoms with van der Waals surface area (Å²) in [5.74, 6) is 0.274. The summed E-state index contributed by atoms with van der Waals surface area (Å²) in [6.07, 6.45) is 1.96. The van der Waals surface area contributed by atoms with Crippen LogP contribution in [0.4, 0.5) is 10.6 Å². The summed E-state index contributed by atoms with van der Waals surface area (Å²) in [6.45, 7) is 5.29. The van der Waals surface area contributed by atoms with Crippen LogP contribution in [-0.4, -0.2) is 21.2 Å². The predicted molar refractivity (Wildman–Crippen MR) is 59.3 cm³/mol. The van der Waals surface area contributed by atoms with Gasteiger partial charge in [-0.1, -0.05) is 0 Å². The highest BCUT2D eigenvalue weighted by Crippen LogP contribution is 2.08. The van der Waals surface area contributed by atoms with Crippen molar-refractivity contribution in [2.24, 2.45) is 7.05 Å². The van der Waals surface area contributed by atoms with Crippen molar-refractivity contribution in [2.45, 2.75) is 26.4 Å². The van der Waals surface area contributed by atoms with Crippen LogP contribution in [0.2, 0.25) is 0 Å². The molecule has 1 N–H and O–H groups in total. The maximum atomic E-state index is 11.4. The van der Waals surface area contributed by atoms with E-state index in [4.69, 9.17) is 4.74 Å². The maximum absolute atomic E-state index is 11.4. The first-order chi connectivity index (χ1) is 7.28. The Labute approximate surface area is 93.3 Å². The zero-order valence-corrected chi connectivity index (χ0v) is 9.77. The molecule has 1 aromatic heterocycles. The molecule has 0 aliphatic heterocycles. The molecule has 0 atom stereocenters. The molecule has 0 radical (unpaired) electrons. The number of anilines is 1. The second-order valence-electron chi connectivity index (χ2n) is 4.35. The van der Waals surface area contributed by atoms with Crippen molar-refractivity contribution in [3.05, 3.63) is 22.7 Å². The monoisotopic (exact) mass is 225 g/mol. The average molecular weight is 225 g/mol. The van der Waals surface area contributed by atoms with Gasteiger partial charge in [0.25, 0.3) is 5.56 Å². The largest absolute Gasteiger partial charge is 0.444 e. The van der Waals surface area contributed by atoms with Gasteiger partial charge in [-0.05, 0) is 20.8 Å². The van der Waals surface area contributed by atoms with E-state index in [0.29, 0.717) is 0 Å². The van der Waals surface area contributed by atoms with Gasteiger partial charge < -0.3 is 9.30 Å². The Morgan fingerprint density at radius 1 is 1.50 bits per heavy atom. The van der Waals surface area contributed by atoms with Crippen LogP contribution < -0.4 is 10.9 Å². The third-order valence-electron chi connectivity index (χ3n) is 1.61. The van der Waals surface area contributed by atoms with Crippen LogP contribution in [0.1, 0.15) is 20.8 Å². The number of carbonyl (C=O) groups excluding carboxylic acids is 1. The van der Waals surface area contributed by atoms with Gasteiger partial charge in [-0.2, -0.15) is 0 Å². The van der Waals surface area contributed by atoms with Gasteiger partial charge in [0.1, 0.15) is 5.60 Å². The van der Waals surface area contributed by atoms with Crippen molar-refractivity contribution in [1.82, 2.24) is 9.55 Å². The van der Waals surface area contributed by atoms with Crippen molar-refractivity contribution < 1.29 is 9.53 Å². The molecule has 1 aromatic rings. The fourth-order valence-corrected chi connectivity index (χ4v) is 0.969. The Balaban J connectivity index is 2.71. The summed E-state index contributed by atoms with van der Waals surface area (Å²) >= 11 is 0. The van der Waals surface area contributed by atoms with Gasteiger partial charge >= 0.3 is 6.09 Å². The van der Waals surface area contributed by atoms with Crippen LogP contribution in [0.5, 0.6) is 0 Å². The van der Waals surface area contributed by atoms with E-state index in [1.165, 1.54) is 10.8 Å². The van der Waals surface area contributed by atoms with Crippen LogP contribution in [0.15, 0.2) is 17.2 Å². The van der Waals surface area contributed by atoms with Crippen molar-refractivity contribution >= 4 is 11.9 Å². The van der Waals surface area contributed by atoms with Gasteiger partial charge in [0, 0.05) is 13.2 Å². The van der Waals surface area contributed by atoms with Gasteiger partial charge in [-0.3, -0.25) is 10.1 Å². The number of aromatic nitrogens is 2. The van der Waals surface area contributed by atoms with E-state index in [9.17, 15) is 9.59 Å². The number of rotatable bonds is 1. The molecule has 0 saturated carbocycles. The Kier molecular flexibility index (Phi) is 3.31. The molecule has 1 amide bonds. The average Bonchev–Trinajstić information content (AvgIpc) is 2.08. The molecule has 6 heteroatoms. The first kappa shape index (κ1) is 12.2. The normalized spacial score (nSPS) is 11.0. The van der Waals surface area contributed by atoms with E-state index in [0.717, 1.165) is 6.20 Å². The molecule has 1 heterocycles. The first-order valence-corrected chi connectivity index (χ1v) is 4.80. The quantitative estimate of drug-likeness (QED) is 0.777. The number of nitrogens with one attached hydrogen (secondary N) is 1. The molecule has 0 aromatic carbocycles. The van der Waals surface area contributed by atoms with E-state index in [1.807, 2.05) is 0 Å². The lowest BCUT2D eigenvalue weighted by Gasteiger charge is -2.19. The summed E-state index contributed by atoms with van der Waals surface area (Å²) < 4.78 is 6.35. The van der Waals surface area contributed by atoms with Crippen LogP contribution >= 0.6 is 0 Å². The Morgan fingerprint density at radius 2 is 2.12 bits per heavy atom. The third-order valence-corrected chi connectivity index (χ3v) is 1.61. The Morgan fingerprint density at radius 3 is 2.62 bits per heavy atom. The molecule has 0 spiro atoms. The lowest BCUT2D eigenvalue weighted by molar-refractivity contribution is 0.0635.